The summed E-state index contributed by atoms with van der Waals surface area (Å²) in [5.74, 6) is 2.83. The van der Waals surface area contributed by atoms with Crippen LogP contribution in [0.3, 0.4) is 0 Å². The molecule has 0 bridgehead atoms. The fourth-order valence-electron chi connectivity index (χ4n) is 0.851. The summed E-state index contributed by atoms with van der Waals surface area (Å²) in [6.07, 6.45) is 7.77. The van der Waals surface area contributed by atoms with Gasteiger partial charge in [-0.3, -0.25) is 0 Å². The Morgan fingerprint density at radius 2 is 2.00 bits per heavy atom. The van der Waals surface area contributed by atoms with Crippen LogP contribution in [0.4, 0.5) is 0 Å². The summed E-state index contributed by atoms with van der Waals surface area (Å²) in [7, 11) is 0. The Balaban J connectivity index is 0.0000001000. The molecule has 0 aromatic rings. The molecule has 0 aromatic heterocycles. The van der Waals surface area contributed by atoms with E-state index in [9.17, 15) is 0 Å². The molecule has 2 rings (SSSR count). The molecule has 1 nitrogen and oxygen atoms in total. The van der Waals surface area contributed by atoms with Crippen molar-refractivity contribution in [3.05, 3.63) is 12.3 Å². The first-order valence-corrected chi connectivity index (χ1v) is 5.00. The maximum Gasteiger partial charge on any atom is 0.0908 e. The Bertz CT molecular complexity index is 83.8. The fraction of sp³-hybridized carbons (Fsp3) is 0.750. The zero-order valence-electron chi connectivity index (χ0n) is 6.21. The lowest BCUT2D eigenvalue weighted by Gasteiger charge is -1.79. The quantitative estimate of drug-likeness (QED) is 0.535. The zero-order chi connectivity index (χ0) is 7.07. The van der Waals surface area contributed by atoms with Crippen LogP contribution in [0, 0.1) is 0 Å². The fourth-order valence-corrected chi connectivity index (χ4v) is 1.87. The van der Waals surface area contributed by atoms with E-state index in [4.69, 9.17) is 4.74 Å². The third-order valence-electron chi connectivity index (χ3n) is 1.42. The molecule has 10 heavy (non-hydrogen) atoms. The van der Waals surface area contributed by atoms with Gasteiger partial charge in [0.25, 0.3) is 0 Å². The lowest BCUT2D eigenvalue weighted by atomic mass is 10.4. The van der Waals surface area contributed by atoms with Gasteiger partial charge in [-0.05, 0) is 30.4 Å². The van der Waals surface area contributed by atoms with Gasteiger partial charge in [-0.2, -0.15) is 11.8 Å². The monoisotopic (exact) mass is 158 g/mol. The maximum atomic E-state index is 4.76. The molecule has 0 saturated carbocycles. The highest BCUT2D eigenvalue weighted by Gasteiger charge is 1.95. The van der Waals surface area contributed by atoms with Crippen molar-refractivity contribution in [2.45, 2.75) is 19.3 Å². The highest BCUT2D eigenvalue weighted by molar-refractivity contribution is 7.99. The first-order valence-electron chi connectivity index (χ1n) is 3.84. The molecule has 0 unspecified atom stereocenters. The predicted octanol–water partition coefficient (Wildman–Crippen LogP) is 2.43. The summed E-state index contributed by atoms with van der Waals surface area (Å²) in [6, 6.07) is 0. The Kier molecular flexibility index (Phi) is 4.52. The largest absolute Gasteiger partial charge is 0.501 e. The Hall–Kier alpha value is -0.110. The summed E-state index contributed by atoms with van der Waals surface area (Å²) < 4.78 is 4.76. The van der Waals surface area contributed by atoms with Crippen molar-refractivity contribution in [1.82, 2.24) is 0 Å². The molecular weight excluding hydrogens is 144 g/mol. The lowest BCUT2D eigenvalue weighted by Crippen LogP contribution is -1.70. The van der Waals surface area contributed by atoms with Crippen LogP contribution in [-0.2, 0) is 4.74 Å². The van der Waals surface area contributed by atoms with Crippen LogP contribution >= 0.6 is 11.8 Å². The second-order valence-electron chi connectivity index (χ2n) is 2.35. The topological polar surface area (TPSA) is 9.23 Å². The van der Waals surface area contributed by atoms with Crippen molar-refractivity contribution in [2.24, 2.45) is 0 Å². The van der Waals surface area contributed by atoms with Crippen molar-refractivity contribution in [1.29, 1.82) is 0 Å². The Morgan fingerprint density at radius 3 is 2.20 bits per heavy atom. The Morgan fingerprint density at radius 1 is 1.20 bits per heavy atom. The molecule has 0 N–H and O–H groups in total. The molecule has 2 heterocycles. The second-order valence-corrected chi connectivity index (χ2v) is 3.58. The van der Waals surface area contributed by atoms with Gasteiger partial charge in [-0.15, -0.1) is 0 Å². The van der Waals surface area contributed by atoms with Crippen molar-refractivity contribution < 1.29 is 4.74 Å². The smallest absolute Gasteiger partial charge is 0.0908 e. The molecular formula is C8H14OS. The standard InChI is InChI=1S/C4H6O.C4H8S/c2*1-2-4-5-3-1/h1,3H,2,4H2;1-4H2. The van der Waals surface area contributed by atoms with Crippen molar-refractivity contribution in [2.75, 3.05) is 18.1 Å². The number of hydrogen-bond acceptors (Lipinski definition) is 2. The van der Waals surface area contributed by atoms with Gasteiger partial charge in [0.2, 0.25) is 0 Å². The molecule has 0 amide bonds. The zero-order valence-corrected chi connectivity index (χ0v) is 7.03. The normalized spacial score (nSPS) is 21.6. The van der Waals surface area contributed by atoms with E-state index in [1.54, 1.807) is 6.26 Å². The third kappa shape index (κ3) is 3.83. The van der Waals surface area contributed by atoms with E-state index in [2.05, 4.69) is 11.8 Å². The van der Waals surface area contributed by atoms with Crippen LogP contribution < -0.4 is 0 Å². The predicted molar refractivity (Wildman–Crippen MR) is 46.3 cm³/mol. The van der Waals surface area contributed by atoms with E-state index in [1.807, 2.05) is 6.08 Å². The third-order valence-corrected chi connectivity index (χ3v) is 2.58. The van der Waals surface area contributed by atoms with Gasteiger partial charge in [0.1, 0.15) is 0 Å². The molecule has 1 fully saturated rings. The minimum absolute atomic E-state index is 0.889. The van der Waals surface area contributed by atoms with E-state index in [0.717, 1.165) is 13.0 Å². The van der Waals surface area contributed by atoms with Gasteiger partial charge in [0.15, 0.2) is 0 Å². The molecule has 0 atom stereocenters. The maximum absolute atomic E-state index is 4.76. The molecule has 1 saturated heterocycles. The van der Waals surface area contributed by atoms with E-state index in [0.29, 0.717) is 0 Å². The van der Waals surface area contributed by atoms with Crippen LogP contribution in [0.5, 0.6) is 0 Å². The first-order chi connectivity index (χ1) is 5.00. The van der Waals surface area contributed by atoms with Crippen LogP contribution in [0.2, 0.25) is 0 Å². The number of rotatable bonds is 0. The summed E-state index contributed by atoms with van der Waals surface area (Å²) in [6.45, 7) is 0.889. The minimum atomic E-state index is 0.889. The van der Waals surface area contributed by atoms with Crippen LogP contribution in [0.25, 0.3) is 0 Å². The minimum Gasteiger partial charge on any atom is -0.501 e. The number of ether oxygens (including phenoxy) is 1. The van der Waals surface area contributed by atoms with E-state index in [-0.39, 0.29) is 0 Å². The molecule has 0 spiro atoms. The highest BCUT2D eigenvalue weighted by Crippen LogP contribution is 2.14. The average molecular weight is 158 g/mol. The first kappa shape index (κ1) is 7.99. The van der Waals surface area contributed by atoms with E-state index < -0.39 is 0 Å². The summed E-state index contributed by atoms with van der Waals surface area (Å²) >= 11 is 2.07. The molecule has 0 aromatic carbocycles. The summed E-state index contributed by atoms with van der Waals surface area (Å²) in [5, 5.41) is 0. The van der Waals surface area contributed by atoms with E-state index in [1.165, 1.54) is 24.3 Å². The number of thioether (sulfide) groups is 1. The van der Waals surface area contributed by atoms with Gasteiger partial charge >= 0.3 is 0 Å². The van der Waals surface area contributed by atoms with Crippen LogP contribution in [0.1, 0.15) is 19.3 Å². The lowest BCUT2D eigenvalue weighted by molar-refractivity contribution is 0.281. The van der Waals surface area contributed by atoms with Crippen LogP contribution in [0.15, 0.2) is 12.3 Å². The SMILES string of the molecule is C1=COCC1.C1CCSC1. The van der Waals surface area contributed by atoms with Gasteiger partial charge in [0.05, 0.1) is 12.9 Å². The Labute approximate surface area is 66.8 Å². The van der Waals surface area contributed by atoms with Gasteiger partial charge < -0.3 is 4.74 Å². The van der Waals surface area contributed by atoms with Crippen molar-refractivity contribution >= 4 is 11.8 Å². The van der Waals surface area contributed by atoms with Crippen LogP contribution in [-0.4, -0.2) is 18.1 Å². The molecule has 2 aliphatic rings. The second kappa shape index (κ2) is 5.66. The number of hydrogen-bond donors (Lipinski definition) is 0. The molecule has 2 aliphatic heterocycles. The molecule has 58 valence electrons. The van der Waals surface area contributed by atoms with Gasteiger partial charge in [0, 0.05) is 6.42 Å². The van der Waals surface area contributed by atoms with Crippen molar-refractivity contribution in [3.63, 3.8) is 0 Å². The van der Waals surface area contributed by atoms with Gasteiger partial charge in [-0.25, -0.2) is 0 Å². The van der Waals surface area contributed by atoms with Gasteiger partial charge in [-0.1, -0.05) is 0 Å². The molecule has 2 heteroatoms. The highest BCUT2D eigenvalue weighted by atomic mass is 32.2. The van der Waals surface area contributed by atoms with E-state index >= 15 is 0 Å². The summed E-state index contributed by atoms with van der Waals surface area (Å²) in [5.41, 5.74) is 0. The molecule has 0 radical (unpaired) electrons. The summed E-state index contributed by atoms with van der Waals surface area (Å²) in [4.78, 5) is 0. The average Bonchev–Trinajstić information content (AvgIpc) is 2.67. The van der Waals surface area contributed by atoms with Crippen molar-refractivity contribution in [3.8, 4) is 0 Å². The molecule has 0 aliphatic carbocycles.